The Morgan fingerprint density at radius 3 is 2.10 bits per heavy atom. The monoisotopic (exact) mass is 263 g/mol. The summed E-state index contributed by atoms with van der Waals surface area (Å²) >= 11 is 0. The molecule has 0 N–H and O–H groups in total. The van der Waals surface area contributed by atoms with Crippen molar-refractivity contribution in [1.82, 2.24) is 4.98 Å². The second-order valence-corrected chi connectivity index (χ2v) is 6.12. The normalized spacial score (nSPS) is 11.9. The summed E-state index contributed by atoms with van der Waals surface area (Å²) in [5, 5.41) is 4.03. The van der Waals surface area contributed by atoms with Crippen LogP contribution >= 0.6 is 0 Å². The van der Waals surface area contributed by atoms with Gasteiger partial charge >= 0.3 is 0 Å². The highest BCUT2D eigenvalue weighted by Gasteiger charge is 2.13. The van der Waals surface area contributed by atoms with Crippen LogP contribution < -0.4 is 0 Å². The Morgan fingerprint density at radius 1 is 0.800 bits per heavy atom. The minimum Gasteiger partial charge on any atom is -0.256 e. The molecule has 0 bridgehead atoms. The van der Waals surface area contributed by atoms with Gasteiger partial charge in [-0.25, -0.2) is 0 Å². The van der Waals surface area contributed by atoms with Crippen molar-refractivity contribution in [2.45, 2.75) is 39.5 Å². The van der Waals surface area contributed by atoms with Crippen molar-refractivity contribution in [3.8, 4) is 0 Å². The molecule has 0 atom stereocenters. The van der Waals surface area contributed by atoms with Gasteiger partial charge in [0.2, 0.25) is 0 Å². The van der Waals surface area contributed by atoms with Gasteiger partial charge in [0.15, 0.2) is 0 Å². The molecule has 0 unspecified atom stereocenters. The van der Waals surface area contributed by atoms with Gasteiger partial charge in [-0.15, -0.1) is 0 Å². The lowest BCUT2D eigenvalue weighted by atomic mass is 9.89. The van der Waals surface area contributed by atoms with Crippen molar-refractivity contribution in [3.05, 3.63) is 53.7 Å². The number of hydrogen-bond acceptors (Lipinski definition) is 1. The van der Waals surface area contributed by atoms with Gasteiger partial charge in [-0.1, -0.05) is 52.0 Å². The SMILES string of the molecule is CC(C)c1cc2nccc(C(C)C)c2c2ccccc12. The lowest BCUT2D eigenvalue weighted by molar-refractivity contribution is 0.871. The molecule has 1 nitrogen and oxygen atoms in total. The van der Waals surface area contributed by atoms with Gasteiger partial charge in [-0.3, -0.25) is 4.98 Å². The third-order valence-corrected chi connectivity index (χ3v) is 4.06. The first-order valence-corrected chi connectivity index (χ1v) is 7.40. The highest BCUT2D eigenvalue weighted by atomic mass is 14.6. The van der Waals surface area contributed by atoms with E-state index in [1.54, 1.807) is 0 Å². The molecule has 0 radical (unpaired) electrons. The van der Waals surface area contributed by atoms with Crippen molar-refractivity contribution in [2.75, 3.05) is 0 Å². The van der Waals surface area contributed by atoms with Gasteiger partial charge in [0, 0.05) is 11.6 Å². The van der Waals surface area contributed by atoms with E-state index >= 15 is 0 Å². The quantitative estimate of drug-likeness (QED) is 0.546. The van der Waals surface area contributed by atoms with Crippen LogP contribution in [-0.4, -0.2) is 4.98 Å². The fraction of sp³-hybridized carbons (Fsp3) is 0.316. The summed E-state index contributed by atoms with van der Waals surface area (Å²) in [5.74, 6) is 1.02. The fourth-order valence-electron chi connectivity index (χ4n) is 3.03. The lowest BCUT2D eigenvalue weighted by Gasteiger charge is -2.16. The lowest BCUT2D eigenvalue weighted by Crippen LogP contribution is -1.96. The molecule has 0 saturated carbocycles. The summed E-state index contributed by atoms with van der Waals surface area (Å²) in [6.07, 6.45) is 1.94. The summed E-state index contributed by atoms with van der Waals surface area (Å²) in [6.45, 7) is 9.00. The maximum Gasteiger partial charge on any atom is 0.0714 e. The average Bonchev–Trinajstić information content (AvgIpc) is 2.45. The Kier molecular flexibility index (Phi) is 3.21. The second kappa shape index (κ2) is 4.90. The van der Waals surface area contributed by atoms with E-state index in [-0.39, 0.29) is 0 Å². The molecule has 1 heterocycles. The first-order chi connectivity index (χ1) is 9.59. The predicted molar refractivity (Wildman–Crippen MR) is 87.4 cm³/mol. The molecule has 0 aliphatic rings. The number of nitrogens with zero attached hydrogens (tertiary/aromatic N) is 1. The first kappa shape index (κ1) is 13.1. The highest BCUT2D eigenvalue weighted by molar-refractivity contribution is 6.09. The van der Waals surface area contributed by atoms with Crippen molar-refractivity contribution in [2.24, 2.45) is 0 Å². The molecule has 0 amide bonds. The zero-order chi connectivity index (χ0) is 14.3. The van der Waals surface area contributed by atoms with E-state index in [0.717, 1.165) is 5.52 Å². The van der Waals surface area contributed by atoms with Crippen LogP contribution in [0.5, 0.6) is 0 Å². The molecular weight excluding hydrogens is 242 g/mol. The van der Waals surface area contributed by atoms with Gasteiger partial charge < -0.3 is 0 Å². The first-order valence-electron chi connectivity index (χ1n) is 7.40. The Bertz CT molecular complexity index is 763. The van der Waals surface area contributed by atoms with Crippen LogP contribution in [0, 0.1) is 0 Å². The number of fused-ring (bicyclic) bond motifs is 3. The van der Waals surface area contributed by atoms with Crippen LogP contribution in [0.25, 0.3) is 21.7 Å². The van der Waals surface area contributed by atoms with Crippen molar-refractivity contribution >= 4 is 21.7 Å². The van der Waals surface area contributed by atoms with Crippen molar-refractivity contribution in [1.29, 1.82) is 0 Å². The summed E-state index contributed by atoms with van der Waals surface area (Å²) in [4.78, 5) is 4.62. The van der Waals surface area contributed by atoms with Gasteiger partial charge in [0.25, 0.3) is 0 Å². The minimum absolute atomic E-state index is 0.508. The van der Waals surface area contributed by atoms with Gasteiger partial charge in [-0.2, -0.15) is 0 Å². The molecule has 1 aromatic heterocycles. The van der Waals surface area contributed by atoms with E-state index in [1.807, 2.05) is 6.20 Å². The molecule has 0 aliphatic carbocycles. The second-order valence-electron chi connectivity index (χ2n) is 6.12. The third-order valence-electron chi connectivity index (χ3n) is 4.06. The fourth-order valence-corrected chi connectivity index (χ4v) is 3.03. The average molecular weight is 263 g/mol. The zero-order valence-corrected chi connectivity index (χ0v) is 12.6. The summed E-state index contributed by atoms with van der Waals surface area (Å²) in [5.41, 5.74) is 3.90. The molecule has 0 aliphatic heterocycles. The van der Waals surface area contributed by atoms with E-state index in [4.69, 9.17) is 0 Å². The standard InChI is InChI=1S/C19H21N/c1-12(2)14-9-10-20-18-11-17(13(3)4)15-7-5-6-8-16(15)19(14)18/h5-13H,1-4H3. The highest BCUT2D eigenvalue weighted by Crippen LogP contribution is 2.35. The Balaban J connectivity index is 2.54. The van der Waals surface area contributed by atoms with E-state index < -0.39 is 0 Å². The molecule has 102 valence electrons. The van der Waals surface area contributed by atoms with E-state index in [1.165, 1.54) is 27.3 Å². The number of benzene rings is 2. The van der Waals surface area contributed by atoms with Crippen LogP contribution in [0.3, 0.4) is 0 Å². The smallest absolute Gasteiger partial charge is 0.0714 e. The molecule has 0 saturated heterocycles. The Morgan fingerprint density at radius 2 is 1.45 bits per heavy atom. The van der Waals surface area contributed by atoms with Gasteiger partial charge in [0.05, 0.1) is 5.52 Å². The van der Waals surface area contributed by atoms with Crippen LogP contribution in [0.15, 0.2) is 42.6 Å². The number of rotatable bonds is 2. The Hall–Kier alpha value is -1.89. The third kappa shape index (κ3) is 1.98. The number of pyridine rings is 1. The van der Waals surface area contributed by atoms with Gasteiger partial charge in [0.1, 0.15) is 0 Å². The number of hydrogen-bond donors (Lipinski definition) is 0. The van der Waals surface area contributed by atoms with Crippen LogP contribution in [-0.2, 0) is 0 Å². The topological polar surface area (TPSA) is 12.9 Å². The van der Waals surface area contributed by atoms with Crippen molar-refractivity contribution < 1.29 is 0 Å². The van der Waals surface area contributed by atoms with E-state index in [0.29, 0.717) is 11.8 Å². The molecular formula is C19H21N. The van der Waals surface area contributed by atoms with Gasteiger partial charge in [-0.05, 0) is 45.9 Å². The summed E-state index contributed by atoms with van der Waals surface area (Å²) in [6, 6.07) is 13.2. The largest absolute Gasteiger partial charge is 0.256 e. The molecule has 3 rings (SSSR count). The molecule has 0 fully saturated rings. The van der Waals surface area contributed by atoms with Crippen LogP contribution in [0.1, 0.15) is 50.7 Å². The molecule has 3 aromatic rings. The summed E-state index contributed by atoms with van der Waals surface area (Å²) < 4.78 is 0. The molecule has 20 heavy (non-hydrogen) atoms. The molecule has 2 aromatic carbocycles. The Labute approximate surface area is 120 Å². The molecule has 0 spiro atoms. The maximum atomic E-state index is 4.62. The zero-order valence-electron chi connectivity index (χ0n) is 12.6. The molecule has 1 heteroatoms. The predicted octanol–water partition coefficient (Wildman–Crippen LogP) is 5.63. The van der Waals surface area contributed by atoms with Crippen LogP contribution in [0.4, 0.5) is 0 Å². The number of aromatic nitrogens is 1. The minimum atomic E-state index is 0.508. The maximum absolute atomic E-state index is 4.62. The summed E-state index contributed by atoms with van der Waals surface area (Å²) in [7, 11) is 0. The van der Waals surface area contributed by atoms with E-state index in [2.05, 4.69) is 69.1 Å². The van der Waals surface area contributed by atoms with E-state index in [9.17, 15) is 0 Å². The van der Waals surface area contributed by atoms with Crippen molar-refractivity contribution in [3.63, 3.8) is 0 Å². The van der Waals surface area contributed by atoms with Crippen LogP contribution in [0.2, 0.25) is 0 Å².